The van der Waals surface area contributed by atoms with Gasteiger partial charge in [-0.15, -0.1) is 0 Å². The lowest BCUT2D eigenvalue weighted by atomic mass is 9.86. The third-order valence-corrected chi connectivity index (χ3v) is 7.25. The molecule has 1 aliphatic rings. The minimum atomic E-state index is -0.160. The SMILES string of the molecule is C/C=N\c1cc(OC)c(OC)cc1C(=N)Oc1cccc(CC(=O)NC2=CC(C(C)(C)C)=N[C@H](c3ccccc3)C2)c1C. The summed E-state index contributed by atoms with van der Waals surface area (Å²) in [4.78, 5) is 22.7. The summed E-state index contributed by atoms with van der Waals surface area (Å²) in [5.74, 6) is 1.24. The van der Waals surface area contributed by atoms with E-state index in [-0.39, 0.29) is 29.7 Å². The Morgan fingerprint density at radius 1 is 1.05 bits per heavy atom. The molecule has 8 nitrogen and oxygen atoms in total. The first-order chi connectivity index (χ1) is 20.5. The number of allylic oxidation sites excluding steroid dienone is 1. The molecule has 0 aromatic heterocycles. The number of hydrogen-bond acceptors (Lipinski definition) is 7. The standard InChI is InChI=1S/C35H40N4O4/c1-8-37-28-21-31(42-7)30(41-6)20-26(28)34(36)43-29-16-12-15-24(22(29)2)17-33(40)38-25-18-27(23-13-10-9-11-14-23)39-32(19-25)35(3,4)5/h8-16,19-21,27,36H,17-18H2,1-7H3,(H,38,40)/b36-34?,37-8-/t27-/m0/s1. The van der Waals surface area contributed by atoms with Gasteiger partial charge in [0, 0.05) is 35.5 Å². The van der Waals surface area contributed by atoms with Crippen LogP contribution in [0.1, 0.15) is 62.4 Å². The molecule has 0 saturated heterocycles. The molecule has 3 aromatic rings. The Bertz CT molecular complexity index is 1580. The molecule has 0 spiro atoms. The zero-order chi connectivity index (χ0) is 31.1. The number of amides is 1. The number of nitrogens with zero attached hydrogens (tertiary/aromatic N) is 2. The topological polar surface area (TPSA) is 105 Å². The quantitative estimate of drug-likeness (QED) is 0.204. The predicted molar refractivity (Wildman–Crippen MR) is 173 cm³/mol. The normalized spacial score (nSPS) is 15.0. The van der Waals surface area contributed by atoms with E-state index in [1.807, 2.05) is 43.3 Å². The molecule has 1 aliphatic heterocycles. The lowest BCUT2D eigenvalue weighted by Crippen LogP contribution is -2.30. The van der Waals surface area contributed by atoms with E-state index in [0.717, 1.165) is 28.1 Å². The van der Waals surface area contributed by atoms with Crippen LogP contribution in [0.5, 0.6) is 17.2 Å². The van der Waals surface area contributed by atoms with Crippen molar-refractivity contribution in [2.45, 2.75) is 53.5 Å². The third kappa shape index (κ3) is 7.57. The molecule has 0 aliphatic carbocycles. The molecule has 1 atom stereocenters. The maximum Gasteiger partial charge on any atom is 0.228 e. The van der Waals surface area contributed by atoms with E-state index >= 15 is 0 Å². The summed E-state index contributed by atoms with van der Waals surface area (Å²) in [7, 11) is 3.09. The van der Waals surface area contributed by atoms with Gasteiger partial charge in [0.25, 0.3) is 0 Å². The average molecular weight is 581 g/mol. The first-order valence-electron chi connectivity index (χ1n) is 14.3. The van der Waals surface area contributed by atoms with Crippen LogP contribution >= 0.6 is 0 Å². The number of carbonyl (C=O) groups is 1. The molecule has 0 saturated carbocycles. The lowest BCUT2D eigenvalue weighted by molar-refractivity contribution is -0.119. The molecule has 2 N–H and O–H groups in total. The molecular weight excluding hydrogens is 540 g/mol. The summed E-state index contributed by atoms with van der Waals surface area (Å²) in [6.45, 7) is 10.1. The van der Waals surface area contributed by atoms with Gasteiger partial charge in [-0.25, -0.2) is 0 Å². The molecule has 43 heavy (non-hydrogen) atoms. The van der Waals surface area contributed by atoms with Crippen molar-refractivity contribution in [3.63, 3.8) is 0 Å². The van der Waals surface area contributed by atoms with Crippen LogP contribution in [0.15, 0.2) is 82.4 Å². The van der Waals surface area contributed by atoms with Gasteiger partial charge in [0.05, 0.1) is 37.9 Å². The highest BCUT2D eigenvalue weighted by Crippen LogP contribution is 2.36. The molecule has 3 aromatic carbocycles. The number of carbonyl (C=O) groups excluding carboxylic acids is 1. The Kier molecular flexibility index (Phi) is 9.80. The van der Waals surface area contributed by atoms with E-state index in [1.54, 1.807) is 38.4 Å². The van der Waals surface area contributed by atoms with Crippen molar-refractivity contribution in [3.8, 4) is 17.2 Å². The van der Waals surface area contributed by atoms with Crippen molar-refractivity contribution in [1.82, 2.24) is 5.32 Å². The largest absolute Gasteiger partial charge is 0.493 e. The smallest absolute Gasteiger partial charge is 0.228 e. The molecule has 1 amide bonds. The monoisotopic (exact) mass is 580 g/mol. The highest BCUT2D eigenvalue weighted by Gasteiger charge is 2.26. The summed E-state index contributed by atoms with van der Waals surface area (Å²) in [5.41, 5.74) is 5.32. The summed E-state index contributed by atoms with van der Waals surface area (Å²) < 4.78 is 16.9. The van der Waals surface area contributed by atoms with E-state index in [4.69, 9.17) is 24.6 Å². The van der Waals surface area contributed by atoms with Gasteiger partial charge in [-0.1, -0.05) is 63.2 Å². The van der Waals surface area contributed by atoms with Crippen LogP contribution in [0.2, 0.25) is 0 Å². The Labute approximate surface area is 254 Å². The fourth-order valence-electron chi connectivity index (χ4n) is 4.87. The second-order valence-electron chi connectivity index (χ2n) is 11.4. The van der Waals surface area contributed by atoms with Gasteiger partial charge >= 0.3 is 0 Å². The predicted octanol–water partition coefficient (Wildman–Crippen LogP) is 7.31. The van der Waals surface area contributed by atoms with Gasteiger partial charge in [-0.05, 0) is 48.7 Å². The van der Waals surface area contributed by atoms with Crippen LogP contribution in [0.25, 0.3) is 0 Å². The lowest BCUT2D eigenvalue weighted by Gasteiger charge is -2.28. The van der Waals surface area contributed by atoms with Gasteiger partial charge in [0.2, 0.25) is 11.8 Å². The average Bonchev–Trinajstić information content (AvgIpc) is 2.98. The minimum absolute atomic E-state index is 0.0567. The van der Waals surface area contributed by atoms with Crippen molar-refractivity contribution >= 4 is 29.4 Å². The Morgan fingerprint density at radius 3 is 2.40 bits per heavy atom. The highest BCUT2D eigenvalue weighted by atomic mass is 16.5. The fourth-order valence-corrected chi connectivity index (χ4v) is 4.87. The van der Waals surface area contributed by atoms with E-state index in [9.17, 15) is 4.79 Å². The van der Waals surface area contributed by atoms with E-state index in [1.165, 1.54) is 7.11 Å². The summed E-state index contributed by atoms with van der Waals surface area (Å²) in [6, 6.07) is 19.0. The van der Waals surface area contributed by atoms with Crippen molar-refractivity contribution < 1.29 is 19.0 Å². The molecule has 1 heterocycles. The molecule has 4 rings (SSSR count). The van der Waals surface area contributed by atoms with Crippen LogP contribution in [0, 0.1) is 17.7 Å². The van der Waals surface area contributed by atoms with Crippen LogP contribution in [-0.2, 0) is 11.2 Å². The summed E-state index contributed by atoms with van der Waals surface area (Å²) >= 11 is 0. The van der Waals surface area contributed by atoms with Crippen LogP contribution in [0.3, 0.4) is 0 Å². The van der Waals surface area contributed by atoms with Gasteiger partial charge in [-0.2, -0.15) is 0 Å². The van der Waals surface area contributed by atoms with Crippen LogP contribution < -0.4 is 19.5 Å². The maximum absolute atomic E-state index is 13.3. The first-order valence-corrected chi connectivity index (χ1v) is 14.3. The van der Waals surface area contributed by atoms with Crippen LogP contribution in [-0.4, -0.2) is 38.0 Å². The molecule has 0 fully saturated rings. The number of dihydropyridines is 1. The number of benzene rings is 3. The zero-order valence-corrected chi connectivity index (χ0v) is 25.9. The molecule has 8 heteroatoms. The summed E-state index contributed by atoms with van der Waals surface area (Å²) in [6.07, 6.45) is 4.42. The Balaban J connectivity index is 1.52. The number of aliphatic imine (C=N–C) groups is 2. The van der Waals surface area contributed by atoms with E-state index in [2.05, 4.69) is 43.2 Å². The number of ether oxygens (including phenoxy) is 3. The molecule has 0 bridgehead atoms. The third-order valence-electron chi connectivity index (χ3n) is 7.25. The van der Waals surface area contributed by atoms with Crippen molar-refractivity contribution in [2.75, 3.05) is 14.2 Å². The van der Waals surface area contributed by atoms with Gasteiger partial charge in [0.1, 0.15) is 5.75 Å². The van der Waals surface area contributed by atoms with E-state index < -0.39 is 0 Å². The van der Waals surface area contributed by atoms with E-state index in [0.29, 0.717) is 34.9 Å². The molecule has 0 unspecified atom stereocenters. The fraction of sp³-hybridized carbons (Fsp3) is 0.314. The van der Waals surface area contributed by atoms with Crippen molar-refractivity contribution in [3.05, 3.63) is 94.7 Å². The van der Waals surface area contributed by atoms with Crippen molar-refractivity contribution in [2.24, 2.45) is 15.4 Å². The second-order valence-corrected chi connectivity index (χ2v) is 11.4. The maximum atomic E-state index is 13.3. The van der Waals surface area contributed by atoms with Crippen molar-refractivity contribution in [1.29, 1.82) is 5.41 Å². The Morgan fingerprint density at radius 2 is 1.74 bits per heavy atom. The summed E-state index contributed by atoms with van der Waals surface area (Å²) in [5, 5.41) is 11.9. The first kappa shape index (κ1) is 31.2. The zero-order valence-electron chi connectivity index (χ0n) is 25.9. The second kappa shape index (κ2) is 13.5. The number of rotatable bonds is 9. The molecule has 0 radical (unpaired) electrons. The Hall–Kier alpha value is -4.72. The molecule has 224 valence electrons. The number of methoxy groups -OCH3 is 2. The van der Waals surface area contributed by atoms with Gasteiger partial charge in [0.15, 0.2) is 11.5 Å². The minimum Gasteiger partial charge on any atom is -0.493 e. The van der Waals surface area contributed by atoms with Gasteiger partial charge < -0.3 is 19.5 Å². The number of nitrogens with one attached hydrogen (secondary N) is 2. The van der Waals surface area contributed by atoms with Gasteiger partial charge in [-0.3, -0.25) is 20.2 Å². The highest BCUT2D eigenvalue weighted by molar-refractivity contribution is 6.01. The number of hydrogen-bond donors (Lipinski definition) is 2. The van der Waals surface area contributed by atoms with Crippen LogP contribution in [0.4, 0.5) is 5.69 Å². The molecular formula is C35H40N4O4.